The number of phenolic OH excluding ortho intramolecular Hbond substituents is 1. The van der Waals surface area contributed by atoms with Crippen LogP contribution >= 0.6 is 23.3 Å². The second-order valence-corrected chi connectivity index (χ2v) is 13.0. The minimum absolute atomic E-state index is 0. The normalized spacial score (nSPS) is 13.5. The number of anilines is 3. The molecule has 5 N–H and O–H groups in total. The SMILES string of the molecule is C.C=N/C(=C\C=N/CNc1ccc(N2CCN(C(C)C)CC2)cc1O)c1sc(CC)nc1-c1ccc(F)c(NSc2ccccc2)c1.OO. The molecule has 0 unspecified atom stereocenters. The molecule has 0 bridgehead atoms. The van der Waals surface area contributed by atoms with Crippen LogP contribution < -0.4 is 14.9 Å². The first-order chi connectivity index (χ1) is 23.4. The van der Waals surface area contributed by atoms with Crippen LogP contribution in [-0.4, -0.2) is 77.3 Å². The number of aryl methyl sites for hydroxylation is 1. The topological polar surface area (TPSA) is 129 Å². The summed E-state index contributed by atoms with van der Waals surface area (Å²) in [5.74, 6) is -0.151. The van der Waals surface area contributed by atoms with Gasteiger partial charge in [-0.15, -0.1) is 11.3 Å². The van der Waals surface area contributed by atoms with E-state index in [1.165, 1.54) is 29.4 Å². The van der Waals surface area contributed by atoms with Crippen LogP contribution in [0.1, 0.15) is 38.1 Å². The van der Waals surface area contributed by atoms with Crippen LogP contribution in [0.4, 0.5) is 21.5 Å². The van der Waals surface area contributed by atoms with Gasteiger partial charge in [-0.1, -0.05) is 32.5 Å². The van der Waals surface area contributed by atoms with Crippen LogP contribution in [0.15, 0.2) is 87.7 Å². The highest BCUT2D eigenvalue weighted by Gasteiger charge is 2.20. The zero-order valence-electron chi connectivity index (χ0n) is 27.3. The molecule has 0 amide bonds. The smallest absolute Gasteiger partial charge is 0.147 e. The first kappa shape index (κ1) is 39.2. The van der Waals surface area contributed by atoms with E-state index in [0.29, 0.717) is 23.1 Å². The quantitative estimate of drug-likeness (QED) is 0.0305. The van der Waals surface area contributed by atoms with Gasteiger partial charge >= 0.3 is 0 Å². The van der Waals surface area contributed by atoms with E-state index in [2.05, 4.69) is 50.4 Å². The number of rotatable bonds is 13. The van der Waals surface area contributed by atoms with E-state index in [-0.39, 0.29) is 25.7 Å². The van der Waals surface area contributed by atoms with Gasteiger partial charge in [-0.3, -0.25) is 25.4 Å². The number of aromatic hydroxyl groups is 1. The van der Waals surface area contributed by atoms with Crippen molar-refractivity contribution in [2.24, 2.45) is 9.98 Å². The molecule has 1 fully saturated rings. The number of halogens is 1. The average Bonchev–Trinajstić information content (AvgIpc) is 3.56. The molecular weight excluding hydrogens is 662 g/mol. The molecule has 5 rings (SSSR count). The number of nitrogens with one attached hydrogen (secondary N) is 2. The van der Waals surface area contributed by atoms with E-state index < -0.39 is 0 Å². The second kappa shape index (κ2) is 19.7. The molecule has 0 aliphatic carbocycles. The van der Waals surface area contributed by atoms with Crippen LogP contribution in [0.2, 0.25) is 0 Å². The Morgan fingerprint density at radius 2 is 1.80 bits per heavy atom. The van der Waals surface area contributed by atoms with Crippen molar-refractivity contribution in [3.8, 4) is 17.0 Å². The standard InChI is InChI=1S/C35H40FN7OS2.CH4.H2O2/c1-5-33-40-34(25-11-13-28(36)31(21-25)41-46-27-9-7-6-8-10-27)35(45-33)30(37-4)15-16-38-23-39-29-14-12-26(22-32(29)44)43-19-17-42(18-20-43)24(2)3;;1-2/h6-16,21-22,24,39,41,44H,4-5,17-20,23H2,1-3H3;1H4;1-2H/b30-15-,38-16-;;. The monoisotopic (exact) mass is 707 g/mol. The van der Waals surface area contributed by atoms with Gasteiger partial charge in [0.05, 0.1) is 32.7 Å². The molecule has 0 spiro atoms. The third-order valence-corrected chi connectivity index (χ3v) is 9.78. The number of piperazine rings is 1. The van der Waals surface area contributed by atoms with Gasteiger partial charge in [0.1, 0.15) is 18.2 Å². The molecule has 1 aromatic heterocycles. The lowest BCUT2D eigenvalue weighted by atomic mass is 10.1. The number of nitrogens with zero attached hydrogens (tertiary/aromatic N) is 5. The molecule has 1 aliphatic heterocycles. The molecule has 13 heteroatoms. The van der Waals surface area contributed by atoms with Crippen molar-refractivity contribution >= 4 is 59.0 Å². The van der Waals surface area contributed by atoms with Gasteiger partial charge in [0, 0.05) is 60.6 Å². The Morgan fingerprint density at radius 3 is 2.45 bits per heavy atom. The van der Waals surface area contributed by atoms with E-state index in [9.17, 15) is 9.50 Å². The Hall–Kier alpha value is -4.27. The lowest BCUT2D eigenvalue weighted by Gasteiger charge is -2.38. The number of aromatic nitrogens is 1. The summed E-state index contributed by atoms with van der Waals surface area (Å²) >= 11 is 2.88. The molecule has 0 radical (unpaired) electrons. The molecule has 49 heavy (non-hydrogen) atoms. The Morgan fingerprint density at radius 1 is 1.06 bits per heavy atom. The predicted octanol–water partition coefficient (Wildman–Crippen LogP) is 8.70. The molecule has 0 atom stereocenters. The van der Waals surface area contributed by atoms with Gasteiger partial charge in [0.15, 0.2) is 0 Å². The first-order valence-corrected chi connectivity index (χ1v) is 17.2. The molecule has 1 aliphatic rings. The van der Waals surface area contributed by atoms with E-state index in [1.54, 1.807) is 24.4 Å². The van der Waals surface area contributed by atoms with Crippen LogP contribution in [0.5, 0.6) is 5.75 Å². The van der Waals surface area contributed by atoms with Crippen molar-refractivity contribution in [2.45, 2.75) is 45.6 Å². The number of phenols is 1. The Kier molecular flexibility index (Phi) is 15.7. The number of hydrogen-bond donors (Lipinski definition) is 5. The first-order valence-electron chi connectivity index (χ1n) is 15.6. The average molecular weight is 708 g/mol. The van der Waals surface area contributed by atoms with Crippen molar-refractivity contribution in [3.05, 3.63) is 88.5 Å². The molecule has 262 valence electrons. The van der Waals surface area contributed by atoms with E-state index >= 15 is 0 Å². The largest absolute Gasteiger partial charge is 0.506 e. The lowest BCUT2D eigenvalue weighted by Crippen LogP contribution is -2.48. The molecule has 1 saturated heterocycles. The fourth-order valence-corrected chi connectivity index (χ4v) is 6.80. The van der Waals surface area contributed by atoms with Gasteiger partial charge < -0.3 is 20.0 Å². The van der Waals surface area contributed by atoms with Crippen molar-refractivity contribution in [3.63, 3.8) is 0 Å². The summed E-state index contributed by atoms with van der Waals surface area (Å²) in [6.45, 7) is 14.5. The second-order valence-electron chi connectivity index (χ2n) is 11.0. The molecule has 10 nitrogen and oxygen atoms in total. The van der Waals surface area contributed by atoms with Crippen LogP contribution in [-0.2, 0) is 6.42 Å². The van der Waals surface area contributed by atoms with Gasteiger partial charge in [-0.25, -0.2) is 9.37 Å². The Balaban J connectivity index is 0.00000213. The maximum atomic E-state index is 14.7. The van der Waals surface area contributed by atoms with E-state index in [0.717, 1.165) is 64.3 Å². The van der Waals surface area contributed by atoms with Crippen LogP contribution in [0, 0.1) is 5.82 Å². The summed E-state index contributed by atoms with van der Waals surface area (Å²) in [5, 5.41) is 26.8. The maximum absolute atomic E-state index is 14.7. The Labute approximate surface area is 296 Å². The predicted molar refractivity (Wildman–Crippen MR) is 206 cm³/mol. The summed E-state index contributed by atoms with van der Waals surface area (Å²) in [7, 11) is 0. The zero-order chi connectivity index (χ0) is 34.5. The highest BCUT2D eigenvalue weighted by Crippen LogP contribution is 2.37. The molecule has 3 aromatic carbocycles. The van der Waals surface area contributed by atoms with Gasteiger partial charge in [-0.05, 0) is 87.5 Å². The van der Waals surface area contributed by atoms with E-state index in [1.807, 2.05) is 55.5 Å². The highest BCUT2D eigenvalue weighted by molar-refractivity contribution is 8.00. The van der Waals surface area contributed by atoms with Crippen LogP contribution in [0.3, 0.4) is 0 Å². The van der Waals surface area contributed by atoms with Crippen molar-refractivity contribution in [1.82, 2.24) is 9.88 Å². The zero-order valence-corrected chi connectivity index (χ0v) is 28.9. The third-order valence-electron chi connectivity index (χ3n) is 7.73. The number of hydrogen-bond acceptors (Lipinski definition) is 12. The van der Waals surface area contributed by atoms with Gasteiger partial charge in [0.25, 0.3) is 0 Å². The number of allylic oxidation sites excluding steroid dienone is 1. The van der Waals surface area contributed by atoms with E-state index in [4.69, 9.17) is 15.5 Å². The molecule has 0 saturated carbocycles. The summed E-state index contributed by atoms with van der Waals surface area (Å²) in [6, 6.07) is 21.0. The minimum atomic E-state index is -0.345. The lowest BCUT2D eigenvalue weighted by molar-refractivity contribution is -0.176. The molecular formula is C36H46FN7O3S2. The molecule has 2 heterocycles. The third kappa shape index (κ3) is 10.6. The minimum Gasteiger partial charge on any atom is -0.506 e. The summed E-state index contributed by atoms with van der Waals surface area (Å²) < 4.78 is 17.9. The number of benzene rings is 3. The fraction of sp³-hybridized carbons (Fsp3) is 0.306. The Bertz CT molecular complexity index is 1690. The van der Waals surface area contributed by atoms with Gasteiger partial charge in [-0.2, -0.15) is 0 Å². The van der Waals surface area contributed by atoms with Crippen molar-refractivity contribution in [1.29, 1.82) is 0 Å². The fourth-order valence-electron chi connectivity index (χ4n) is 5.11. The van der Waals surface area contributed by atoms with Crippen molar-refractivity contribution < 1.29 is 20.0 Å². The van der Waals surface area contributed by atoms with Crippen molar-refractivity contribution in [2.75, 3.05) is 47.8 Å². The maximum Gasteiger partial charge on any atom is 0.147 e. The summed E-state index contributed by atoms with van der Waals surface area (Å²) in [5.41, 5.74) is 4.13. The highest BCUT2D eigenvalue weighted by atomic mass is 32.2. The summed E-state index contributed by atoms with van der Waals surface area (Å²) in [6.07, 6.45) is 4.21. The van der Waals surface area contributed by atoms with Crippen LogP contribution in [0.25, 0.3) is 17.0 Å². The van der Waals surface area contributed by atoms with Gasteiger partial charge in [0.2, 0.25) is 0 Å². The number of aliphatic imine (C=N–C) groups is 2. The number of thiazole rings is 1. The molecule has 4 aromatic rings. The summed E-state index contributed by atoms with van der Waals surface area (Å²) in [4.78, 5) is 20.2.